The summed E-state index contributed by atoms with van der Waals surface area (Å²) >= 11 is 0. The number of hydrogen-bond acceptors (Lipinski definition) is 4. The number of hydrogen-bond donors (Lipinski definition) is 1. The van der Waals surface area contributed by atoms with Gasteiger partial charge in [-0.1, -0.05) is 0 Å². The Bertz CT molecular complexity index is 581. The van der Waals surface area contributed by atoms with Crippen molar-refractivity contribution in [3.8, 4) is 0 Å². The Morgan fingerprint density at radius 3 is 2.45 bits per heavy atom. The molecule has 0 aliphatic carbocycles. The van der Waals surface area contributed by atoms with Crippen LogP contribution in [0, 0.1) is 0 Å². The summed E-state index contributed by atoms with van der Waals surface area (Å²) in [5, 5.41) is 3.14. The van der Waals surface area contributed by atoms with Crippen LogP contribution in [0.3, 0.4) is 0 Å². The van der Waals surface area contributed by atoms with E-state index in [1.165, 1.54) is 6.26 Å². The van der Waals surface area contributed by atoms with E-state index in [2.05, 4.69) is 5.32 Å². The predicted octanol–water partition coefficient (Wildman–Crippen LogP) is 1.66. The normalized spacial score (nSPS) is 17.3. The summed E-state index contributed by atoms with van der Waals surface area (Å²) in [4.78, 5) is 13.4. The quantitative estimate of drug-likeness (QED) is 0.897. The molecule has 20 heavy (non-hydrogen) atoms. The minimum Gasteiger partial charge on any atom is -0.382 e. The number of benzene rings is 1. The van der Waals surface area contributed by atoms with Crippen LogP contribution in [0.25, 0.3) is 0 Å². The van der Waals surface area contributed by atoms with Gasteiger partial charge in [0.1, 0.15) is 9.84 Å². The molecule has 1 heterocycles. The number of rotatable bonds is 5. The topological polar surface area (TPSA) is 66.5 Å². The van der Waals surface area contributed by atoms with Gasteiger partial charge in [-0.15, -0.1) is 0 Å². The van der Waals surface area contributed by atoms with Crippen molar-refractivity contribution in [3.05, 3.63) is 24.3 Å². The fraction of sp³-hybridized carbons (Fsp3) is 0.500. The van der Waals surface area contributed by atoms with Gasteiger partial charge in [-0.05, 0) is 37.6 Å². The van der Waals surface area contributed by atoms with Crippen LogP contribution >= 0.6 is 0 Å². The first kappa shape index (κ1) is 14.8. The molecule has 1 atom stereocenters. The molecule has 1 saturated heterocycles. The number of carbonyl (C=O) groups is 1. The van der Waals surface area contributed by atoms with E-state index in [9.17, 15) is 13.2 Å². The third-order valence-electron chi connectivity index (χ3n) is 3.22. The fourth-order valence-electron chi connectivity index (χ4n) is 2.44. The van der Waals surface area contributed by atoms with Crippen LogP contribution in [0.1, 0.15) is 19.8 Å². The maximum absolute atomic E-state index is 11.6. The van der Waals surface area contributed by atoms with Crippen molar-refractivity contribution in [1.82, 2.24) is 0 Å². The molecule has 1 aliphatic heterocycles. The van der Waals surface area contributed by atoms with E-state index in [-0.39, 0.29) is 17.7 Å². The molecule has 0 spiro atoms. The van der Waals surface area contributed by atoms with Gasteiger partial charge in [0.05, 0.1) is 5.75 Å². The summed E-state index contributed by atoms with van der Waals surface area (Å²) in [5.41, 5.74) is 1.75. The number of amides is 1. The minimum atomic E-state index is -2.99. The Hall–Kier alpha value is -1.56. The first-order valence-corrected chi connectivity index (χ1v) is 8.76. The van der Waals surface area contributed by atoms with Gasteiger partial charge in [0.2, 0.25) is 5.91 Å². The third-order valence-corrected chi connectivity index (χ3v) is 4.32. The molecule has 1 fully saturated rings. The average Bonchev–Trinajstić information content (AvgIpc) is 2.74. The van der Waals surface area contributed by atoms with Gasteiger partial charge < -0.3 is 10.2 Å². The first-order valence-electron chi connectivity index (χ1n) is 6.70. The smallest absolute Gasteiger partial charge is 0.227 e. The lowest BCUT2D eigenvalue weighted by atomic mass is 10.2. The highest BCUT2D eigenvalue weighted by Gasteiger charge is 2.21. The highest BCUT2D eigenvalue weighted by atomic mass is 32.2. The minimum absolute atomic E-state index is 0.0966. The third kappa shape index (κ3) is 3.96. The van der Waals surface area contributed by atoms with Gasteiger partial charge in [0.15, 0.2) is 0 Å². The van der Waals surface area contributed by atoms with Gasteiger partial charge in [0.25, 0.3) is 0 Å². The lowest BCUT2D eigenvalue weighted by Gasteiger charge is -2.18. The van der Waals surface area contributed by atoms with Gasteiger partial charge >= 0.3 is 0 Å². The molecule has 1 aromatic rings. The molecule has 0 radical (unpaired) electrons. The number of nitrogens with one attached hydrogen (secondary N) is 1. The second kappa shape index (κ2) is 5.83. The van der Waals surface area contributed by atoms with E-state index in [1.807, 2.05) is 31.2 Å². The molecule has 1 aromatic carbocycles. The summed E-state index contributed by atoms with van der Waals surface area (Å²) in [6, 6.07) is 7.38. The Morgan fingerprint density at radius 1 is 1.30 bits per heavy atom. The summed E-state index contributed by atoms with van der Waals surface area (Å²) in [6.07, 6.45) is 2.75. The molecular weight excluding hydrogens is 276 g/mol. The Kier molecular flexibility index (Phi) is 4.32. The maximum atomic E-state index is 11.6. The first-order chi connectivity index (χ1) is 9.35. The summed E-state index contributed by atoms with van der Waals surface area (Å²) < 4.78 is 22.4. The molecule has 0 bridgehead atoms. The lowest BCUT2D eigenvalue weighted by molar-refractivity contribution is -0.117. The molecule has 1 unspecified atom stereocenters. The number of sulfone groups is 1. The molecule has 5 nitrogen and oxygen atoms in total. The molecular formula is C14H20N2O3S. The van der Waals surface area contributed by atoms with Gasteiger partial charge in [-0.25, -0.2) is 8.42 Å². The van der Waals surface area contributed by atoms with E-state index in [4.69, 9.17) is 0 Å². The van der Waals surface area contributed by atoms with Crippen LogP contribution in [-0.2, 0) is 14.6 Å². The van der Waals surface area contributed by atoms with E-state index >= 15 is 0 Å². The highest BCUT2D eigenvalue weighted by Crippen LogP contribution is 2.23. The van der Waals surface area contributed by atoms with Crippen molar-refractivity contribution in [2.24, 2.45) is 0 Å². The van der Waals surface area contributed by atoms with E-state index < -0.39 is 9.84 Å². The molecule has 1 N–H and O–H groups in total. The summed E-state index contributed by atoms with van der Waals surface area (Å²) in [6.45, 7) is 2.61. The number of carbonyl (C=O) groups excluding carboxylic acids is 1. The van der Waals surface area contributed by atoms with Crippen molar-refractivity contribution in [3.63, 3.8) is 0 Å². The maximum Gasteiger partial charge on any atom is 0.227 e. The Labute approximate surface area is 119 Å². The zero-order valence-corrected chi connectivity index (χ0v) is 12.6. The largest absolute Gasteiger partial charge is 0.382 e. The van der Waals surface area contributed by atoms with Crippen molar-refractivity contribution >= 4 is 27.1 Å². The number of nitrogens with zero attached hydrogens (tertiary/aromatic N) is 1. The van der Waals surface area contributed by atoms with Crippen molar-refractivity contribution < 1.29 is 13.2 Å². The Balaban J connectivity index is 2.00. The highest BCUT2D eigenvalue weighted by molar-refractivity contribution is 7.90. The molecule has 2 rings (SSSR count). The average molecular weight is 296 g/mol. The van der Waals surface area contributed by atoms with Gasteiger partial charge in [0, 0.05) is 36.6 Å². The standard InChI is InChI=1S/C14H20N2O3S/c1-11(10-20(2,18)19)15-12-5-7-13(8-6-12)16-9-3-4-14(16)17/h5-8,11,15H,3-4,9-10H2,1-2H3. The predicted molar refractivity (Wildman–Crippen MR) is 80.8 cm³/mol. The van der Waals surface area contributed by atoms with E-state index in [1.54, 1.807) is 4.90 Å². The van der Waals surface area contributed by atoms with Crippen molar-refractivity contribution in [1.29, 1.82) is 0 Å². The lowest BCUT2D eigenvalue weighted by Crippen LogP contribution is -2.25. The molecule has 110 valence electrons. The van der Waals surface area contributed by atoms with Crippen LogP contribution < -0.4 is 10.2 Å². The zero-order valence-electron chi connectivity index (χ0n) is 11.8. The van der Waals surface area contributed by atoms with E-state index in [0.29, 0.717) is 6.42 Å². The van der Waals surface area contributed by atoms with Gasteiger partial charge in [-0.2, -0.15) is 0 Å². The van der Waals surface area contributed by atoms with Crippen molar-refractivity contribution in [2.45, 2.75) is 25.8 Å². The molecule has 6 heteroatoms. The second-order valence-electron chi connectivity index (χ2n) is 5.33. The van der Waals surface area contributed by atoms with Crippen LogP contribution in [-0.4, -0.2) is 38.9 Å². The SMILES string of the molecule is CC(CS(C)(=O)=O)Nc1ccc(N2CCCC2=O)cc1. The second-order valence-corrected chi connectivity index (χ2v) is 7.52. The van der Waals surface area contributed by atoms with Gasteiger partial charge in [-0.3, -0.25) is 4.79 Å². The molecule has 1 aliphatic rings. The van der Waals surface area contributed by atoms with Crippen LogP contribution in [0.15, 0.2) is 24.3 Å². The van der Waals surface area contributed by atoms with Crippen LogP contribution in [0.4, 0.5) is 11.4 Å². The zero-order chi connectivity index (χ0) is 14.8. The molecule has 0 saturated carbocycles. The molecule has 0 aromatic heterocycles. The Morgan fingerprint density at radius 2 is 1.95 bits per heavy atom. The van der Waals surface area contributed by atoms with Crippen molar-refractivity contribution in [2.75, 3.05) is 28.8 Å². The van der Waals surface area contributed by atoms with E-state index in [0.717, 1.165) is 24.3 Å². The fourth-order valence-corrected chi connectivity index (χ4v) is 3.43. The van der Waals surface area contributed by atoms with Crippen LogP contribution in [0.2, 0.25) is 0 Å². The van der Waals surface area contributed by atoms with Crippen LogP contribution in [0.5, 0.6) is 0 Å². The molecule has 1 amide bonds. The number of anilines is 2. The monoisotopic (exact) mass is 296 g/mol. The summed E-state index contributed by atoms with van der Waals surface area (Å²) in [5.74, 6) is 0.260. The summed E-state index contributed by atoms with van der Waals surface area (Å²) in [7, 11) is -2.99.